The Kier molecular flexibility index (Phi) is 7.58. The van der Waals surface area contributed by atoms with Crippen molar-refractivity contribution in [3.05, 3.63) is 48.0 Å². The third-order valence-corrected chi connectivity index (χ3v) is 5.71. The van der Waals surface area contributed by atoms with E-state index in [9.17, 15) is 14.4 Å². The average Bonchev–Trinajstić information content (AvgIpc) is 2.78. The van der Waals surface area contributed by atoms with Gasteiger partial charge in [-0.15, -0.1) is 0 Å². The Morgan fingerprint density at radius 2 is 2.13 bits per heavy atom. The first-order valence-electron chi connectivity index (χ1n) is 9.81. The van der Waals surface area contributed by atoms with Crippen molar-refractivity contribution in [1.82, 2.24) is 4.90 Å². The Morgan fingerprint density at radius 1 is 1.33 bits per heavy atom. The molecule has 0 aliphatic carbocycles. The van der Waals surface area contributed by atoms with E-state index in [0.717, 1.165) is 16.9 Å². The molecule has 1 aliphatic rings. The highest BCUT2D eigenvalue weighted by Crippen LogP contribution is 2.33. The summed E-state index contributed by atoms with van der Waals surface area (Å²) >= 11 is 1.60. The van der Waals surface area contributed by atoms with Gasteiger partial charge in [0.25, 0.3) is 0 Å². The number of likely N-dealkylation sites (tertiary alicyclic amines) is 1. The second kappa shape index (κ2) is 10.4. The molecule has 30 heavy (non-hydrogen) atoms. The summed E-state index contributed by atoms with van der Waals surface area (Å²) in [6, 6.07) is 14.8. The number of carbonyl (C=O) groups excluding carboxylic acids is 1. The number of hydrogen-bond acceptors (Lipinski definition) is 5. The van der Waals surface area contributed by atoms with E-state index >= 15 is 0 Å². The molecule has 1 fully saturated rings. The number of piperidine rings is 1. The van der Waals surface area contributed by atoms with Crippen molar-refractivity contribution < 1.29 is 18.7 Å². The number of benzene rings is 2. The molecule has 0 aromatic heterocycles. The van der Waals surface area contributed by atoms with Crippen molar-refractivity contribution in [3.8, 4) is 28.7 Å². The molecule has 2 aromatic carbocycles. The Bertz CT molecular complexity index is 931. The van der Waals surface area contributed by atoms with E-state index < -0.39 is 12.3 Å². The molecule has 0 unspecified atom stereocenters. The lowest BCUT2D eigenvalue weighted by Gasteiger charge is -2.35. The molecule has 2 aromatic rings. The third kappa shape index (κ3) is 5.25. The quantitative estimate of drug-likeness (QED) is 0.658. The zero-order valence-electron chi connectivity index (χ0n) is 17.1. The van der Waals surface area contributed by atoms with Crippen LogP contribution in [0.1, 0.15) is 18.4 Å². The first kappa shape index (κ1) is 22.0. The van der Waals surface area contributed by atoms with Gasteiger partial charge in [-0.1, -0.05) is 18.2 Å². The SMILES string of the molecule is COc1ccccc1-c1cc(C#N)cc(O[C@H]2CCN(C(=O)CCSC)C[C@H]2F)c1. The molecule has 7 heteroatoms. The fourth-order valence-electron chi connectivity index (χ4n) is 3.54. The highest BCUT2D eigenvalue weighted by Gasteiger charge is 2.33. The maximum atomic E-state index is 14.8. The predicted molar refractivity (Wildman–Crippen MR) is 117 cm³/mol. The van der Waals surface area contributed by atoms with Gasteiger partial charge in [0.1, 0.15) is 17.6 Å². The molecule has 5 nitrogen and oxygen atoms in total. The molecule has 158 valence electrons. The molecule has 3 rings (SSSR count). The minimum absolute atomic E-state index is 0.0182. The summed E-state index contributed by atoms with van der Waals surface area (Å²) < 4.78 is 26.1. The van der Waals surface area contributed by atoms with E-state index in [2.05, 4.69) is 6.07 Å². The van der Waals surface area contributed by atoms with Crippen LogP contribution in [0.25, 0.3) is 11.1 Å². The summed E-state index contributed by atoms with van der Waals surface area (Å²) in [4.78, 5) is 13.7. The number of nitriles is 1. The van der Waals surface area contributed by atoms with Gasteiger partial charge in [-0.3, -0.25) is 4.79 Å². The first-order chi connectivity index (χ1) is 14.5. The van der Waals surface area contributed by atoms with E-state index in [1.54, 1.807) is 42.0 Å². The Hall–Kier alpha value is -2.72. The first-order valence-corrected chi connectivity index (χ1v) is 11.2. The minimum Gasteiger partial charge on any atom is -0.496 e. The molecule has 0 N–H and O–H groups in total. The third-order valence-electron chi connectivity index (χ3n) is 5.10. The Labute approximate surface area is 180 Å². The van der Waals surface area contributed by atoms with Crippen molar-refractivity contribution in [1.29, 1.82) is 5.26 Å². The van der Waals surface area contributed by atoms with Crippen molar-refractivity contribution in [3.63, 3.8) is 0 Å². The van der Waals surface area contributed by atoms with Gasteiger partial charge < -0.3 is 14.4 Å². The van der Waals surface area contributed by atoms with Crippen LogP contribution in [-0.4, -0.2) is 55.3 Å². The van der Waals surface area contributed by atoms with Crippen molar-refractivity contribution >= 4 is 17.7 Å². The van der Waals surface area contributed by atoms with E-state index in [1.807, 2.05) is 30.5 Å². The van der Waals surface area contributed by atoms with Crippen molar-refractivity contribution in [2.75, 3.05) is 32.2 Å². The summed E-state index contributed by atoms with van der Waals surface area (Å²) in [5.74, 6) is 1.83. The summed E-state index contributed by atoms with van der Waals surface area (Å²) in [7, 11) is 1.59. The number of halogens is 1. The maximum absolute atomic E-state index is 14.8. The predicted octanol–water partition coefficient (Wildman–Crippen LogP) is 4.30. The van der Waals surface area contributed by atoms with E-state index in [-0.39, 0.29) is 12.5 Å². The fourth-order valence-corrected chi connectivity index (χ4v) is 3.91. The molecule has 1 aliphatic heterocycles. The molecule has 0 bridgehead atoms. The molecule has 1 amide bonds. The smallest absolute Gasteiger partial charge is 0.223 e. The van der Waals surface area contributed by atoms with E-state index in [0.29, 0.717) is 36.4 Å². The molecular weight excluding hydrogens is 403 g/mol. The van der Waals surface area contributed by atoms with Crippen LogP contribution in [0, 0.1) is 11.3 Å². The molecular formula is C23H25FN2O3S. The van der Waals surface area contributed by atoms with Crippen LogP contribution in [0.5, 0.6) is 11.5 Å². The normalized spacial score (nSPS) is 18.5. The van der Waals surface area contributed by atoms with Gasteiger partial charge in [-0.05, 0) is 36.1 Å². The van der Waals surface area contributed by atoms with Crippen LogP contribution in [0.4, 0.5) is 4.39 Å². The highest BCUT2D eigenvalue weighted by atomic mass is 32.2. The van der Waals surface area contributed by atoms with Gasteiger partial charge in [0, 0.05) is 30.7 Å². The number of para-hydroxylation sites is 1. The molecule has 0 radical (unpaired) electrons. The number of rotatable bonds is 7. The minimum atomic E-state index is -1.28. The summed E-state index contributed by atoms with van der Waals surface area (Å²) in [5, 5.41) is 9.43. The number of ether oxygens (including phenoxy) is 2. The largest absolute Gasteiger partial charge is 0.496 e. The van der Waals surface area contributed by atoms with Gasteiger partial charge in [0.15, 0.2) is 6.17 Å². The van der Waals surface area contributed by atoms with Crippen LogP contribution in [-0.2, 0) is 4.79 Å². The van der Waals surface area contributed by atoms with Gasteiger partial charge in [-0.2, -0.15) is 17.0 Å². The number of methoxy groups -OCH3 is 1. The second-order valence-electron chi connectivity index (χ2n) is 7.10. The van der Waals surface area contributed by atoms with E-state index in [1.165, 1.54) is 0 Å². The number of carbonyl (C=O) groups is 1. The Balaban J connectivity index is 1.76. The van der Waals surface area contributed by atoms with Crippen molar-refractivity contribution in [2.45, 2.75) is 25.1 Å². The van der Waals surface area contributed by atoms with Crippen LogP contribution in [0.3, 0.4) is 0 Å². The lowest BCUT2D eigenvalue weighted by molar-refractivity contribution is -0.134. The topological polar surface area (TPSA) is 62.6 Å². The van der Waals surface area contributed by atoms with Crippen molar-refractivity contribution in [2.24, 2.45) is 0 Å². The number of alkyl halides is 1. The second-order valence-corrected chi connectivity index (χ2v) is 8.09. The summed E-state index contributed by atoms with van der Waals surface area (Å²) in [5.41, 5.74) is 2.02. The molecule has 1 heterocycles. The summed E-state index contributed by atoms with van der Waals surface area (Å²) in [6.07, 6.45) is 0.838. The van der Waals surface area contributed by atoms with Gasteiger partial charge in [0.05, 0.1) is 25.3 Å². The van der Waals surface area contributed by atoms with Gasteiger partial charge in [0.2, 0.25) is 5.91 Å². The summed E-state index contributed by atoms with van der Waals surface area (Å²) in [6.45, 7) is 0.505. The van der Waals surface area contributed by atoms with Crippen LogP contribution >= 0.6 is 11.8 Å². The average molecular weight is 429 g/mol. The molecule has 0 spiro atoms. The number of hydrogen-bond donors (Lipinski definition) is 0. The monoisotopic (exact) mass is 428 g/mol. The number of thioether (sulfide) groups is 1. The molecule has 0 saturated carbocycles. The number of amides is 1. The van der Waals surface area contributed by atoms with Crippen LogP contribution in [0.15, 0.2) is 42.5 Å². The van der Waals surface area contributed by atoms with E-state index in [4.69, 9.17) is 9.47 Å². The number of nitrogens with zero attached hydrogens (tertiary/aromatic N) is 2. The lowest BCUT2D eigenvalue weighted by Crippen LogP contribution is -2.49. The fraction of sp³-hybridized carbons (Fsp3) is 0.391. The standard InChI is InChI=1S/C23H25FN2O3S/c1-28-21-6-4-3-5-19(21)17-11-16(14-25)12-18(13-17)29-22-7-9-26(15-20(22)24)23(27)8-10-30-2/h3-6,11-13,20,22H,7-10,15H2,1-2H3/t20-,22+/m1/s1. The Morgan fingerprint density at radius 3 is 2.83 bits per heavy atom. The zero-order chi connectivity index (χ0) is 21.5. The van der Waals surface area contributed by atoms with Gasteiger partial charge >= 0.3 is 0 Å². The zero-order valence-corrected chi connectivity index (χ0v) is 18.0. The van der Waals surface area contributed by atoms with Crippen LogP contribution < -0.4 is 9.47 Å². The van der Waals surface area contributed by atoms with Crippen LogP contribution in [0.2, 0.25) is 0 Å². The highest BCUT2D eigenvalue weighted by molar-refractivity contribution is 7.98. The van der Waals surface area contributed by atoms with Gasteiger partial charge in [-0.25, -0.2) is 4.39 Å². The molecule has 2 atom stereocenters. The molecule has 1 saturated heterocycles. The lowest BCUT2D eigenvalue weighted by atomic mass is 10.0. The maximum Gasteiger partial charge on any atom is 0.223 e.